The summed E-state index contributed by atoms with van der Waals surface area (Å²) in [5.41, 5.74) is 0. The van der Waals surface area contributed by atoms with Gasteiger partial charge in [0, 0.05) is 25.7 Å². The molecule has 0 atom stereocenters. The minimum absolute atomic E-state index is 1.08. The van der Waals surface area contributed by atoms with Crippen LogP contribution in [0.25, 0.3) is 0 Å². The summed E-state index contributed by atoms with van der Waals surface area (Å²) in [7, 11) is 0. The van der Waals surface area contributed by atoms with Gasteiger partial charge in [-0.05, 0) is 25.7 Å². The fourth-order valence-electron chi connectivity index (χ4n) is 1.49. The first-order valence-electron chi connectivity index (χ1n) is 7.33. The standard InChI is InChI=1S/C17H28/c1-3-5-7-9-11-13-15-17-16-14-12-10-8-6-4-2/h3-8,13-17H2,1-2H3. The van der Waals surface area contributed by atoms with Crippen molar-refractivity contribution in [2.45, 2.75) is 84.5 Å². The van der Waals surface area contributed by atoms with Gasteiger partial charge in [0.05, 0.1) is 0 Å². The van der Waals surface area contributed by atoms with Gasteiger partial charge in [-0.15, -0.1) is 23.7 Å². The normalized spacial score (nSPS) is 9.06. The largest absolute Gasteiger partial charge is 0.103 e. The van der Waals surface area contributed by atoms with Gasteiger partial charge < -0.3 is 0 Å². The van der Waals surface area contributed by atoms with E-state index in [2.05, 4.69) is 37.5 Å². The zero-order chi connectivity index (χ0) is 12.6. The van der Waals surface area contributed by atoms with E-state index in [0.717, 1.165) is 25.7 Å². The molecule has 0 aromatic heterocycles. The van der Waals surface area contributed by atoms with E-state index in [1.54, 1.807) is 0 Å². The van der Waals surface area contributed by atoms with Gasteiger partial charge >= 0.3 is 0 Å². The van der Waals surface area contributed by atoms with E-state index in [1.165, 1.54) is 44.9 Å². The van der Waals surface area contributed by atoms with Crippen LogP contribution in [0.5, 0.6) is 0 Å². The Balaban J connectivity index is 3.16. The predicted molar refractivity (Wildman–Crippen MR) is 77.7 cm³/mol. The minimum Gasteiger partial charge on any atom is -0.103 e. The molecule has 0 aliphatic carbocycles. The van der Waals surface area contributed by atoms with Crippen LogP contribution in [0.1, 0.15) is 84.5 Å². The number of hydrogen-bond donors (Lipinski definition) is 0. The molecule has 0 N–H and O–H groups in total. The maximum absolute atomic E-state index is 3.25. The molecular weight excluding hydrogens is 204 g/mol. The second-order valence-corrected chi connectivity index (χ2v) is 4.47. The molecule has 0 amide bonds. The van der Waals surface area contributed by atoms with Gasteiger partial charge in [-0.2, -0.15) is 0 Å². The lowest BCUT2D eigenvalue weighted by molar-refractivity contribution is 0.707. The van der Waals surface area contributed by atoms with E-state index in [4.69, 9.17) is 0 Å². The van der Waals surface area contributed by atoms with Crippen LogP contribution in [-0.2, 0) is 0 Å². The number of rotatable bonds is 8. The molecule has 17 heavy (non-hydrogen) atoms. The second kappa shape index (κ2) is 15.1. The summed E-state index contributed by atoms with van der Waals surface area (Å²) in [5, 5.41) is 0. The first-order chi connectivity index (χ1) is 8.41. The Morgan fingerprint density at radius 1 is 0.471 bits per heavy atom. The molecule has 0 unspecified atom stereocenters. The van der Waals surface area contributed by atoms with Crippen molar-refractivity contribution in [3.63, 3.8) is 0 Å². The van der Waals surface area contributed by atoms with E-state index in [-0.39, 0.29) is 0 Å². The number of unbranched alkanes of at least 4 members (excludes halogenated alkanes) is 8. The summed E-state index contributed by atoms with van der Waals surface area (Å²) in [4.78, 5) is 0. The highest BCUT2D eigenvalue weighted by atomic mass is 13.9. The van der Waals surface area contributed by atoms with Crippen molar-refractivity contribution >= 4 is 0 Å². The third kappa shape index (κ3) is 15.1. The quantitative estimate of drug-likeness (QED) is 0.392. The molecule has 0 spiro atoms. The number of hydrogen-bond acceptors (Lipinski definition) is 0. The molecule has 0 nitrogen and oxygen atoms in total. The fraction of sp³-hybridized carbons (Fsp3) is 0.765. The summed E-state index contributed by atoms with van der Waals surface area (Å²) >= 11 is 0. The summed E-state index contributed by atoms with van der Waals surface area (Å²) < 4.78 is 0. The van der Waals surface area contributed by atoms with Crippen LogP contribution in [0.4, 0.5) is 0 Å². The minimum atomic E-state index is 1.08. The van der Waals surface area contributed by atoms with Crippen LogP contribution in [-0.4, -0.2) is 0 Å². The predicted octanol–water partition coefficient (Wildman–Crippen LogP) is 5.32. The first kappa shape index (κ1) is 16.1. The molecule has 0 radical (unpaired) electrons. The lowest BCUT2D eigenvalue weighted by atomic mass is 10.1. The molecule has 0 aromatic rings. The van der Waals surface area contributed by atoms with Crippen molar-refractivity contribution in [1.29, 1.82) is 0 Å². The highest BCUT2D eigenvalue weighted by Crippen LogP contribution is 2.02. The van der Waals surface area contributed by atoms with Gasteiger partial charge in [-0.25, -0.2) is 0 Å². The average Bonchev–Trinajstić information content (AvgIpc) is 2.35. The highest BCUT2D eigenvalue weighted by molar-refractivity contribution is 4.99. The molecule has 0 rings (SSSR count). The maximum atomic E-state index is 3.25. The van der Waals surface area contributed by atoms with Gasteiger partial charge in [0.1, 0.15) is 0 Å². The van der Waals surface area contributed by atoms with Crippen molar-refractivity contribution in [1.82, 2.24) is 0 Å². The topological polar surface area (TPSA) is 0 Å². The van der Waals surface area contributed by atoms with Crippen molar-refractivity contribution in [2.24, 2.45) is 0 Å². The highest BCUT2D eigenvalue weighted by Gasteiger charge is 1.85. The van der Waals surface area contributed by atoms with Crippen LogP contribution < -0.4 is 0 Å². The molecule has 0 saturated heterocycles. The van der Waals surface area contributed by atoms with E-state index >= 15 is 0 Å². The van der Waals surface area contributed by atoms with Crippen LogP contribution in [0.2, 0.25) is 0 Å². The lowest BCUT2D eigenvalue weighted by Gasteiger charge is -1.92. The zero-order valence-electron chi connectivity index (χ0n) is 11.8. The summed E-state index contributed by atoms with van der Waals surface area (Å²) in [5.74, 6) is 13.0. The average molecular weight is 232 g/mol. The second-order valence-electron chi connectivity index (χ2n) is 4.47. The molecule has 0 heteroatoms. The Labute approximate surface area is 109 Å². The molecule has 0 aliphatic rings. The van der Waals surface area contributed by atoms with E-state index in [9.17, 15) is 0 Å². The fourth-order valence-corrected chi connectivity index (χ4v) is 1.49. The Morgan fingerprint density at radius 3 is 1.18 bits per heavy atom. The van der Waals surface area contributed by atoms with Gasteiger partial charge in [0.25, 0.3) is 0 Å². The summed E-state index contributed by atoms with van der Waals surface area (Å²) in [6.07, 6.45) is 13.1. The SMILES string of the molecule is CCCCC#CCCCCCC#CCCCC. The molecule has 0 saturated carbocycles. The third-order valence-electron chi connectivity index (χ3n) is 2.66. The Hall–Kier alpha value is -0.880. The maximum Gasteiger partial charge on any atom is 0.00886 e. The molecule has 0 heterocycles. The van der Waals surface area contributed by atoms with Gasteiger partial charge in [0.2, 0.25) is 0 Å². The molecule has 0 bridgehead atoms. The summed E-state index contributed by atoms with van der Waals surface area (Å²) in [6.45, 7) is 4.42. The summed E-state index contributed by atoms with van der Waals surface area (Å²) in [6, 6.07) is 0. The van der Waals surface area contributed by atoms with Crippen LogP contribution >= 0.6 is 0 Å². The Bertz CT molecular complexity index is 225. The monoisotopic (exact) mass is 232 g/mol. The molecule has 0 aliphatic heterocycles. The molecular formula is C17H28. The van der Waals surface area contributed by atoms with E-state index in [1.807, 2.05) is 0 Å². The lowest BCUT2D eigenvalue weighted by Crippen LogP contribution is -1.76. The first-order valence-corrected chi connectivity index (χ1v) is 7.33. The van der Waals surface area contributed by atoms with Crippen molar-refractivity contribution < 1.29 is 0 Å². The van der Waals surface area contributed by atoms with Crippen LogP contribution in [0.3, 0.4) is 0 Å². The van der Waals surface area contributed by atoms with Crippen molar-refractivity contribution in [2.75, 3.05) is 0 Å². The Kier molecular flexibility index (Phi) is 14.3. The Morgan fingerprint density at radius 2 is 0.824 bits per heavy atom. The van der Waals surface area contributed by atoms with Crippen molar-refractivity contribution in [3.8, 4) is 23.7 Å². The van der Waals surface area contributed by atoms with Gasteiger partial charge in [0.15, 0.2) is 0 Å². The third-order valence-corrected chi connectivity index (χ3v) is 2.66. The zero-order valence-corrected chi connectivity index (χ0v) is 11.8. The van der Waals surface area contributed by atoms with E-state index in [0.29, 0.717) is 0 Å². The van der Waals surface area contributed by atoms with Crippen molar-refractivity contribution in [3.05, 3.63) is 0 Å². The molecule has 0 aromatic carbocycles. The molecule has 0 fully saturated rings. The smallest absolute Gasteiger partial charge is 0.00886 e. The van der Waals surface area contributed by atoms with E-state index < -0.39 is 0 Å². The van der Waals surface area contributed by atoms with Gasteiger partial charge in [-0.1, -0.05) is 33.1 Å². The molecule has 96 valence electrons. The van der Waals surface area contributed by atoms with Crippen LogP contribution in [0, 0.1) is 23.7 Å². The van der Waals surface area contributed by atoms with Gasteiger partial charge in [-0.3, -0.25) is 0 Å². The van der Waals surface area contributed by atoms with Crippen LogP contribution in [0.15, 0.2) is 0 Å².